The maximum Gasteiger partial charge on any atom is 0.359 e. The van der Waals surface area contributed by atoms with Crippen molar-refractivity contribution in [2.24, 2.45) is 17.3 Å². The summed E-state index contributed by atoms with van der Waals surface area (Å²) in [6, 6.07) is -1.50. The number of esters is 6. The minimum absolute atomic E-state index is 0.110. The standard InChI is InChI=1S/C29H34N4O12/c1-28-14-10-8-12(31-20(25(37)43-5)16(22(34)40-2)19(30-31)24(36)42-4)17(28)13-9-11-15(28)33-29(14,27(39)45-7)18(23(35)41-3)21(32(13)33)26(38)44-6/h12-15,17H,8-11H2,1-7H3/t12-,13-,14+,15+,17-,28+,29+/m1/s1. The Morgan fingerprint density at radius 2 is 1.31 bits per heavy atom. The van der Waals surface area contributed by atoms with Gasteiger partial charge in [0.15, 0.2) is 22.6 Å². The SMILES string of the molecule is COC(=O)C1=C(C(=O)OC)[C@]2(C(=O)OC)[C@H]3CC[C@@H](n4nc(C(=O)OC)c(C(=O)OC)c4C(=O)OC)[C@@H]4[C@H]5CC[C@H](N2N15)[C@@]43C. The number of carbonyl (C=O) groups is 6. The molecule has 5 heterocycles. The summed E-state index contributed by atoms with van der Waals surface area (Å²) in [4.78, 5) is 80.3. The van der Waals surface area contributed by atoms with Crippen molar-refractivity contribution in [1.29, 1.82) is 0 Å². The van der Waals surface area contributed by atoms with Crippen molar-refractivity contribution in [2.75, 3.05) is 42.7 Å². The van der Waals surface area contributed by atoms with Crippen LogP contribution in [0.1, 0.15) is 70.0 Å². The Balaban J connectivity index is 1.64. The van der Waals surface area contributed by atoms with Gasteiger partial charge in [-0.05, 0) is 31.1 Å². The van der Waals surface area contributed by atoms with E-state index in [0.29, 0.717) is 25.7 Å². The molecule has 16 nitrogen and oxygen atoms in total. The van der Waals surface area contributed by atoms with Crippen molar-refractivity contribution < 1.29 is 57.2 Å². The molecule has 0 spiro atoms. The summed E-state index contributed by atoms with van der Waals surface area (Å²) in [6.45, 7) is 2.03. The van der Waals surface area contributed by atoms with Gasteiger partial charge in [-0.25, -0.2) is 28.8 Å². The van der Waals surface area contributed by atoms with Crippen molar-refractivity contribution in [3.8, 4) is 0 Å². The lowest BCUT2D eigenvalue weighted by atomic mass is 9.48. The number of methoxy groups -OCH3 is 6. The molecule has 4 aliphatic heterocycles. The van der Waals surface area contributed by atoms with Crippen LogP contribution in [0.2, 0.25) is 0 Å². The molecule has 4 bridgehead atoms. The smallest absolute Gasteiger partial charge is 0.359 e. The molecule has 2 aliphatic carbocycles. The lowest BCUT2D eigenvalue weighted by molar-refractivity contribution is -0.209. The van der Waals surface area contributed by atoms with Gasteiger partial charge in [-0.1, -0.05) is 6.92 Å². The molecular formula is C29H34N4O12. The van der Waals surface area contributed by atoms with Crippen molar-refractivity contribution in [3.63, 3.8) is 0 Å². The molecule has 0 amide bonds. The number of hydrazine groups is 1. The molecule has 5 fully saturated rings. The number of hydrogen-bond acceptors (Lipinski definition) is 15. The van der Waals surface area contributed by atoms with E-state index in [2.05, 4.69) is 5.10 Å². The Morgan fingerprint density at radius 1 is 0.711 bits per heavy atom. The van der Waals surface area contributed by atoms with Crippen LogP contribution >= 0.6 is 0 Å². The molecule has 0 aromatic carbocycles. The third-order valence-corrected chi connectivity index (χ3v) is 10.7. The third kappa shape index (κ3) is 3.42. The minimum Gasteiger partial charge on any atom is -0.467 e. The first-order chi connectivity index (χ1) is 21.5. The lowest BCUT2D eigenvalue weighted by Gasteiger charge is -2.63. The van der Waals surface area contributed by atoms with E-state index in [0.717, 1.165) is 21.3 Å². The maximum absolute atomic E-state index is 14.1. The molecular weight excluding hydrogens is 596 g/mol. The highest BCUT2D eigenvalue weighted by atomic mass is 16.5. The fourth-order valence-corrected chi connectivity index (χ4v) is 9.40. The maximum atomic E-state index is 14.1. The first kappa shape index (κ1) is 30.6. The minimum atomic E-state index is -1.69. The largest absolute Gasteiger partial charge is 0.467 e. The summed E-state index contributed by atoms with van der Waals surface area (Å²) in [5, 5.41) is 7.98. The van der Waals surface area contributed by atoms with E-state index in [1.807, 2.05) is 11.9 Å². The van der Waals surface area contributed by atoms with Crippen LogP contribution in [-0.4, -0.2) is 116 Å². The fourth-order valence-electron chi connectivity index (χ4n) is 9.40. The summed E-state index contributed by atoms with van der Waals surface area (Å²) >= 11 is 0. The summed E-state index contributed by atoms with van der Waals surface area (Å²) in [7, 11) is 6.96. The monoisotopic (exact) mass is 630 g/mol. The molecule has 0 N–H and O–H groups in total. The van der Waals surface area contributed by atoms with Crippen LogP contribution in [0.15, 0.2) is 11.3 Å². The Hall–Kier alpha value is -4.47. The van der Waals surface area contributed by atoms with Gasteiger partial charge in [-0.2, -0.15) is 10.1 Å². The fraction of sp³-hybridized carbons (Fsp3) is 0.621. The number of ether oxygens (including phenoxy) is 6. The molecule has 0 unspecified atom stereocenters. The van der Waals surface area contributed by atoms with Gasteiger partial charge in [0.25, 0.3) is 0 Å². The number of hydrogen-bond donors (Lipinski definition) is 0. The first-order valence-electron chi connectivity index (χ1n) is 14.4. The average Bonchev–Trinajstić information content (AvgIpc) is 3.68. The van der Waals surface area contributed by atoms with Crippen molar-refractivity contribution in [1.82, 2.24) is 19.8 Å². The van der Waals surface area contributed by atoms with E-state index >= 15 is 0 Å². The first-order valence-corrected chi connectivity index (χ1v) is 14.4. The summed E-state index contributed by atoms with van der Waals surface area (Å²) in [5.41, 5.74) is -3.73. The predicted molar refractivity (Wildman–Crippen MR) is 146 cm³/mol. The highest BCUT2D eigenvalue weighted by Gasteiger charge is 2.84. The van der Waals surface area contributed by atoms with Gasteiger partial charge >= 0.3 is 35.8 Å². The molecule has 242 valence electrons. The lowest BCUT2D eigenvalue weighted by Crippen LogP contribution is -2.70. The molecule has 16 heteroatoms. The van der Waals surface area contributed by atoms with E-state index in [4.69, 9.17) is 28.4 Å². The van der Waals surface area contributed by atoms with E-state index in [1.54, 1.807) is 5.01 Å². The summed E-state index contributed by atoms with van der Waals surface area (Å²) in [6.07, 6.45) is 1.78. The van der Waals surface area contributed by atoms with Crippen LogP contribution in [0, 0.1) is 17.3 Å². The highest BCUT2D eigenvalue weighted by molar-refractivity contribution is 6.10. The second-order valence-corrected chi connectivity index (χ2v) is 11.9. The Labute approximate surface area is 257 Å². The average molecular weight is 631 g/mol. The molecule has 7 rings (SSSR count). The Kier molecular flexibility index (Phi) is 6.98. The van der Waals surface area contributed by atoms with E-state index < -0.39 is 81.9 Å². The zero-order valence-corrected chi connectivity index (χ0v) is 25.9. The van der Waals surface area contributed by atoms with Crippen LogP contribution in [0.4, 0.5) is 0 Å². The Morgan fingerprint density at radius 3 is 1.89 bits per heavy atom. The van der Waals surface area contributed by atoms with Gasteiger partial charge in [0.2, 0.25) is 0 Å². The second kappa shape index (κ2) is 10.3. The molecule has 1 aromatic heterocycles. The van der Waals surface area contributed by atoms with Crippen LogP contribution in [0.5, 0.6) is 0 Å². The number of fused-ring (bicyclic) bond motifs is 2. The van der Waals surface area contributed by atoms with Gasteiger partial charge in [-0.15, -0.1) is 0 Å². The second-order valence-electron chi connectivity index (χ2n) is 11.9. The molecule has 3 saturated heterocycles. The Bertz CT molecular complexity index is 1580. The predicted octanol–water partition coefficient (Wildman–Crippen LogP) is 0.419. The summed E-state index contributed by atoms with van der Waals surface area (Å²) < 4.78 is 31.9. The number of nitrogens with zero attached hydrogens (tertiary/aromatic N) is 4. The topological polar surface area (TPSA) is 182 Å². The van der Waals surface area contributed by atoms with Gasteiger partial charge in [0, 0.05) is 17.9 Å². The van der Waals surface area contributed by atoms with Crippen molar-refractivity contribution in [2.45, 2.75) is 56.3 Å². The molecule has 6 aliphatic rings. The number of rotatable bonds is 7. The van der Waals surface area contributed by atoms with Crippen LogP contribution in [-0.2, 0) is 42.8 Å². The van der Waals surface area contributed by atoms with E-state index in [1.165, 1.54) is 26.0 Å². The van der Waals surface area contributed by atoms with Crippen molar-refractivity contribution in [3.05, 3.63) is 28.2 Å². The number of aromatic nitrogens is 2. The molecule has 7 atom stereocenters. The zero-order chi connectivity index (χ0) is 32.7. The summed E-state index contributed by atoms with van der Waals surface area (Å²) in [5.74, 6) is -6.21. The van der Waals surface area contributed by atoms with Gasteiger partial charge in [-0.3, -0.25) is 9.69 Å². The van der Waals surface area contributed by atoms with E-state index in [-0.39, 0.29) is 23.0 Å². The zero-order valence-electron chi connectivity index (χ0n) is 25.9. The van der Waals surface area contributed by atoms with Crippen LogP contribution in [0.3, 0.4) is 0 Å². The quantitative estimate of drug-likeness (QED) is 0.298. The number of carbonyl (C=O) groups excluding carboxylic acids is 6. The van der Waals surface area contributed by atoms with Gasteiger partial charge < -0.3 is 28.4 Å². The van der Waals surface area contributed by atoms with Crippen LogP contribution in [0.25, 0.3) is 0 Å². The van der Waals surface area contributed by atoms with Gasteiger partial charge in [0.05, 0.1) is 54.7 Å². The normalized spacial score (nSPS) is 32.2. The molecule has 2 saturated carbocycles. The molecule has 45 heavy (non-hydrogen) atoms. The van der Waals surface area contributed by atoms with Crippen LogP contribution < -0.4 is 0 Å². The highest BCUT2D eigenvalue weighted by Crippen LogP contribution is 2.74. The third-order valence-electron chi connectivity index (χ3n) is 10.7. The van der Waals surface area contributed by atoms with Crippen molar-refractivity contribution >= 4 is 35.8 Å². The molecule has 0 radical (unpaired) electrons. The molecule has 1 aromatic rings. The van der Waals surface area contributed by atoms with E-state index in [9.17, 15) is 28.8 Å². The van der Waals surface area contributed by atoms with Gasteiger partial charge in [0.1, 0.15) is 11.1 Å².